The van der Waals surface area contributed by atoms with E-state index in [0.717, 1.165) is 11.4 Å². The van der Waals surface area contributed by atoms with Crippen molar-refractivity contribution < 1.29 is 9.53 Å². The molecule has 0 saturated heterocycles. The molecule has 2 rings (SSSR count). The average molecular weight is 316 g/mol. The molecule has 6 nitrogen and oxygen atoms in total. The van der Waals surface area contributed by atoms with Gasteiger partial charge in [0.1, 0.15) is 0 Å². The van der Waals surface area contributed by atoms with Crippen molar-refractivity contribution >= 4 is 5.91 Å². The Morgan fingerprint density at radius 2 is 1.91 bits per heavy atom. The first-order valence-electron chi connectivity index (χ1n) is 7.76. The van der Waals surface area contributed by atoms with Crippen LogP contribution in [0.15, 0.2) is 24.3 Å². The largest absolute Gasteiger partial charge is 0.383 e. The van der Waals surface area contributed by atoms with Gasteiger partial charge < -0.3 is 10.1 Å². The number of benzene rings is 1. The summed E-state index contributed by atoms with van der Waals surface area (Å²) in [6.45, 7) is 8.43. The summed E-state index contributed by atoms with van der Waals surface area (Å²) >= 11 is 0. The third-order valence-corrected chi connectivity index (χ3v) is 3.54. The summed E-state index contributed by atoms with van der Waals surface area (Å²) in [6, 6.07) is 7.90. The van der Waals surface area contributed by atoms with Crippen molar-refractivity contribution in [3.05, 3.63) is 41.2 Å². The van der Waals surface area contributed by atoms with Crippen LogP contribution in [0.5, 0.6) is 0 Å². The first kappa shape index (κ1) is 17.1. The number of rotatable bonds is 6. The number of hydrogen-bond acceptors (Lipinski definition) is 4. The number of carbonyl (C=O) groups is 1. The molecule has 0 radical (unpaired) electrons. The molecule has 1 aromatic heterocycles. The minimum Gasteiger partial charge on any atom is -0.383 e. The zero-order chi connectivity index (χ0) is 17.0. The highest BCUT2D eigenvalue weighted by Crippen LogP contribution is 2.21. The molecule has 23 heavy (non-hydrogen) atoms. The predicted octanol–water partition coefficient (Wildman–Crippen LogP) is 2.46. The van der Waals surface area contributed by atoms with Gasteiger partial charge in [0.25, 0.3) is 5.91 Å². The van der Waals surface area contributed by atoms with Gasteiger partial charge in [0.2, 0.25) is 0 Å². The highest BCUT2D eigenvalue weighted by Gasteiger charge is 2.23. The molecule has 1 aromatic carbocycles. The van der Waals surface area contributed by atoms with Crippen LogP contribution in [0.25, 0.3) is 5.69 Å². The van der Waals surface area contributed by atoms with Gasteiger partial charge in [-0.2, -0.15) is 0 Å². The van der Waals surface area contributed by atoms with Crippen LogP contribution in [0.1, 0.15) is 48.4 Å². The van der Waals surface area contributed by atoms with Crippen LogP contribution in [0, 0.1) is 6.92 Å². The molecule has 1 N–H and O–H groups in total. The van der Waals surface area contributed by atoms with Crippen LogP contribution in [0.3, 0.4) is 0 Å². The lowest BCUT2D eigenvalue weighted by Crippen LogP contribution is -2.36. The summed E-state index contributed by atoms with van der Waals surface area (Å²) in [5.41, 5.74) is 3.24. The number of carbonyl (C=O) groups excluding carboxylic acids is 1. The molecule has 0 aliphatic rings. The maximum absolute atomic E-state index is 12.5. The Labute approximate surface area is 136 Å². The Bertz CT molecular complexity index is 662. The first-order chi connectivity index (χ1) is 10.9. The molecule has 1 heterocycles. The maximum Gasteiger partial charge on any atom is 0.274 e. The standard InChI is InChI=1S/C17H24N4O2/c1-11(2)16-15(17(22)18-13(4)10-23-5)19-20-21(16)14-8-6-12(3)7-9-14/h6-9,11,13H,10H2,1-5H3,(H,18,22)/t13-/m0/s1. The lowest BCUT2D eigenvalue weighted by molar-refractivity contribution is 0.0899. The van der Waals surface area contributed by atoms with Gasteiger partial charge in [-0.25, -0.2) is 4.68 Å². The third-order valence-electron chi connectivity index (χ3n) is 3.54. The van der Waals surface area contributed by atoms with E-state index in [1.165, 1.54) is 5.56 Å². The summed E-state index contributed by atoms with van der Waals surface area (Å²) in [5, 5.41) is 11.2. The van der Waals surface area contributed by atoms with Crippen LogP contribution in [0.4, 0.5) is 0 Å². The van der Waals surface area contributed by atoms with Gasteiger partial charge in [-0.15, -0.1) is 5.10 Å². The van der Waals surface area contributed by atoms with Crippen molar-refractivity contribution in [2.24, 2.45) is 0 Å². The molecule has 0 unspecified atom stereocenters. The molecule has 1 amide bonds. The van der Waals surface area contributed by atoms with Crippen molar-refractivity contribution in [1.29, 1.82) is 0 Å². The Kier molecular flexibility index (Phi) is 5.50. The zero-order valence-corrected chi connectivity index (χ0v) is 14.3. The zero-order valence-electron chi connectivity index (χ0n) is 14.3. The smallest absolute Gasteiger partial charge is 0.274 e. The second-order valence-corrected chi connectivity index (χ2v) is 6.06. The fourth-order valence-electron chi connectivity index (χ4n) is 2.43. The number of nitrogens with zero attached hydrogens (tertiary/aromatic N) is 3. The summed E-state index contributed by atoms with van der Waals surface area (Å²) < 4.78 is 6.78. The van der Waals surface area contributed by atoms with Gasteiger partial charge in [0, 0.05) is 13.2 Å². The number of methoxy groups -OCH3 is 1. The fourth-order valence-corrected chi connectivity index (χ4v) is 2.43. The number of amides is 1. The Hall–Kier alpha value is -2.21. The molecule has 0 aliphatic carbocycles. The van der Waals surface area contributed by atoms with E-state index in [0.29, 0.717) is 12.3 Å². The summed E-state index contributed by atoms with van der Waals surface area (Å²) in [7, 11) is 1.61. The van der Waals surface area contributed by atoms with E-state index in [2.05, 4.69) is 15.6 Å². The molecular formula is C17H24N4O2. The quantitative estimate of drug-likeness (QED) is 0.889. The van der Waals surface area contributed by atoms with Gasteiger partial charge >= 0.3 is 0 Å². The molecule has 1 atom stereocenters. The Morgan fingerprint density at radius 3 is 2.48 bits per heavy atom. The summed E-state index contributed by atoms with van der Waals surface area (Å²) in [6.07, 6.45) is 0. The molecule has 0 saturated carbocycles. The van der Waals surface area contributed by atoms with E-state index < -0.39 is 0 Å². The number of nitrogens with one attached hydrogen (secondary N) is 1. The van der Waals surface area contributed by atoms with Crippen LogP contribution in [-0.4, -0.2) is 40.7 Å². The third kappa shape index (κ3) is 3.96. The van der Waals surface area contributed by atoms with E-state index in [1.807, 2.05) is 52.0 Å². The summed E-state index contributed by atoms with van der Waals surface area (Å²) in [5.74, 6) is -0.110. The highest BCUT2D eigenvalue weighted by atomic mass is 16.5. The van der Waals surface area contributed by atoms with E-state index in [1.54, 1.807) is 11.8 Å². The van der Waals surface area contributed by atoms with Gasteiger partial charge in [-0.1, -0.05) is 36.8 Å². The lowest BCUT2D eigenvalue weighted by atomic mass is 10.1. The normalized spacial score (nSPS) is 12.4. The topological polar surface area (TPSA) is 69.0 Å². The first-order valence-corrected chi connectivity index (χ1v) is 7.76. The molecule has 0 fully saturated rings. The van der Waals surface area contributed by atoms with E-state index in [9.17, 15) is 4.79 Å². The minimum absolute atomic E-state index is 0.0861. The fraction of sp³-hybridized carbons (Fsp3) is 0.471. The molecule has 6 heteroatoms. The van der Waals surface area contributed by atoms with Crippen molar-refractivity contribution in [3.63, 3.8) is 0 Å². The maximum atomic E-state index is 12.5. The van der Waals surface area contributed by atoms with Crippen molar-refractivity contribution in [3.8, 4) is 5.69 Å². The van der Waals surface area contributed by atoms with Crippen molar-refractivity contribution in [1.82, 2.24) is 20.3 Å². The molecule has 124 valence electrons. The van der Waals surface area contributed by atoms with Crippen LogP contribution in [-0.2, 0) is 4.74 Å². The van der Waals surface area contributed by atoms with Gasteiger partial charge in [-0.05, 0) is 31.9 Å². The number of aromatic nitrogens is 3. The molecular weight excluding hydrogens is 292 g/mol. The van der Waals surface area contributed by atoms with Crippen LogP contribution in [0.2, 0.25) is 0 Å². The SMILES string of the molecule is COC[C@H](C)NC(=O)c1nnn(-c2ccc(C)cc2)c1C(C)C. The second-order valence-electron chi connectivity index (χ2n) is 6.06. The van der Waals surface area contributed by atoms with Gasteiger partial charge in [-0.3, -0.25) is 4.79 Å². The second kappa shape index (κ2) is 7.37. The molecule has 0 spiro atoms. The average Bonchev–Trinajstić information content (AvgIpc) is 2.93. The van der Waals surface area contributed by atoms with Gasteiger partial charge in [0.15, 0.2) is 5.69 Å². The van der Waals surface area contributed by atoms with Crippen LogP contribution >= 0.6 is 0 Å². The Balaban J connectivity index is 2.35. The van der Waals surface area contributed by atoms with E-state index in [-0.39, 0.29) is 17.9 Å². The van der Waals surface area contributed by atoms with E-state index in [4.69, 9.17) is 4.74 Å². The predicted molar refractivity (Wildman–Crippen MR) is 89.0 cm³/mol. The van der Waals surface area contributed by atoms with E-state index >= 15 is 0 Å². The number of ether oxygens (including phenoxy) is 1. The number of hydrogen-bond donors (Lipinski definition) is 1. The van der Waals surface area contributed by atoms with Crippen molar-refractivity contribution in [2.75, 3.05) is 13.7 Å². The Morgan fingerprint density at radius 1 is 1.26 bits per heavy atom. The van der Waals surface area contributed by atoms with Crippen molar-refractivity contribution in [2.45, 2.75) is 39.7 Å². The monoisotopic (exact) mass is 316 g/mol. The molecule has 2 aromatic rings. The number of aryl methyl sites for hydroxylation is 1. The van der Waals surface area contributed by atoms with Gasteiger partial charge in [0.05, 0.1) is 18.0 Å². The lowest BCUT2D eigenvalue weighted by Gasteiger charge is -2.14. The van der Waals surface area contributed by atoms with Crippen LogP contribution < -0.4 is 5.32 Å². The molecule has 0 bridgehead atoms. The minimum atomic E-state index is -0.225. The molecule has 0 aliphatic heterocycles. The highest BCUT2D eigenvalue weighted by molar-refractivity contribution is 5.93. The summed E-state index contributed by atoms with van der Waals surface area (Å²) in [4.78, 5) is 12.5.